The van der Waals surface area contributed by atoms with Gasteiger partial charge in [0.2, 0.25) is 0 Å². The highest BCUT2D eigenvalue weighted by Gasteiger charge is 2.29. The molecule has 0 spiro atoms. The van der Waals surface area contributed by atoms with Crippen LogP contribution in [0.5, 0.6) is 5.75 Å². The first-order chi connectivity index (χ1) is 14.4. The van der Waals surface area contributed by atoms with Crippen LogP contribution in [0.1, 0.15) is 70.5 Å². The first-order valence-electron chi connectivity index (χ1n) is 9.86. The summed E-state index contributed by atoms with van der Waals surface area (Å²) in [6.45, 7) is -2.21. The van der Waals surface area contributed by atoms with E-state index >= 15 is 0 Å². The lowest BCUT2D eigenvalue weighted by atomic mass is 9.88. The molecule has 2 heterocycles. The van der Waals surface area contributed by atoms with Crippen LogP contribution in [-0.4, -0.2) is 40.9 Å². The van der Waals surface area contributed by atoms with Gasteiger partial charge in [0, 0.05) is 42.9 Å². The minimum atomic E-state index is -3.10. The summed E-state index contributed by atoms with van der Waals surface area (Å²) in [5, 5.41) is 9.56. The van der Waals surface area contributed by atoms with Crippen molar-refractivity contribution >= 4 is 5.97 Å². The number of aromatic carboxylic acids is 1. The number of benzene rings is 1. The minimum absolute atomic E-state index is 0.0783. The zero-order valence-corrected chi connectivity index (χ0v) is 16.1. The van der Waals surface area contributed by atoms with Crippen LogP contribution in [0.3, 0.4) is 0 Å². The van der Waals surface area contributed by atoms with E-state index in [4.69, 9.17) is 9.47 Å². The van der Waals surface area contributed by atoms with Gasteiger partial charge in [0.1, 0.15) is 11.6 Å². The molecular weight excluding hydrogens is 401 g/mol. The Morgan fingerprint density at radius 2 is 1.93 bits per heavy atom. The number of ether oxygens (including phenoxy) is 2. The maximum Gasteiger partial charge on any atom is 0.387 e. The number of carbonyl (C=O) groups is 1. The molecule has 9 heteroatoms. The van der Waals surface area contributed by atoms with E-state index in [1.54, 1.807) is 0 Å². The molecule has 2 fully saturated rings. The Morgan fingerprint density at radius 1 is 1.20 bits per heavy atom. The van der Waals surface area contributed by atoms with E-state index in [1.807, 2.05) is 0 Å². The van der Waals surface area contributed by atoms with Crippen LogP contribution < -0.4 is 4.74 Å². The SMILES string of the molecule is O=C(O)c1nc(C2CC2)cnc1Cc1cc(F)cc(C2CCOCC2)c1OC(F)F. The molecule has 30 heavy (non-hydrogen) atoms. The second-order valence-electron chi connectivity index (χ2n) is 7.59. The van der Waals surface area contributed by atoms with Crippen molar-refractivity contribution in [1.82, 2.24) is 9.97 Å². The van der Waals surface area contributed by atoms with Crippen molar-refractivity contribution in [2.24, 2.45) is 0 Å². The van der Waals surface area contributed by atoms with Crippen LogP contribution in [-0.2, 0) is 11.2 Å². The lowest BCUT2D eigenvalue weighted by molar-refractivity contribution is -0.0516. The molecule has 1 aliphatic heterocycles. The number of nitrogens with zero attached hydrogens (tertiary/aromatic N) is 2. The van der Waals surface area contributed by atoms with Crippen molar-refractivity contribution in [3.8, 4) is 5.75 Å². The number of aromatic nitrogens is 2. The second-order valence-corrected chi connectivity index (χ2v) is 7.59. The maximum absolute atomic E-state index is 14.4. The quantitative estimate of drug-likeness (QED) is 0.718. The number of hydrogen-bond donors (Lipinski definition) is 1. The Morgan fingerprint density at radius 3 is 2.57 bits per heavy atom. The van der Waals surface area contributed by atoms with E-state index in [9.17, 15) is 23.1 Å². The molecule has 160 valence electrons. The fourth-order valence-electron chi connectivity index (χ4n) is 3.83. The number of alkyl halides is 2. The van der Waals surface area contributed by atoms with Gasteiger partial charge in [0.05, 0.1) is 11.4 Å². The number of carboxylic acid groups (broad SMARTS) is 1. The fourth-order valence-corrected chi connectivity index (χ4v) is 3.83. The largest absolute Gasteiger partial charge is 0.476 e. The molecule has 2 aliphatic rings. The van der Waals surface area contributed by atoms with Crippen molar-refractivity contribution in [3.05, 3.63) is 52.4 Å². The molecule has 1 aliphatic carbocycles. The van der Waals surface area contributed by atoms with Crippen molar-refractivity contribution < 1.29 is 32.5 Å². The summed E-state index contributed by atoms with van der Waals surface area (Å²) in [6, 6.07) is 2.29. The van der Waals surface area contributed by atoms with E-state index in [2.05, 4.69) is 9.97 Å². The van der Waals surface area contributed by atoms with Gasteiger partial charge < -0.3 is 14.6 Å². The van der Waals surface area contributed by atoms with E-state index in [1.165, 1.54) is 12.3 Å². The van der Waals surface area contributed by atoms with Crippen molar-refractivity contribution in [3.63, 3.8) is 0 Å². The smallest absolute Gasteiger partial charge is 0.387 e. The Bertz CT molecular complexity index is 944. The third-order valence-corrected chi connectivity index (χ3v) is 5.45. The normalized spacial score (nSPS) is 17.3. The third-order valence-electron chi connectivity index (χ3n) is 5.45. The zero-order valence-electron chi connectivity index (χ0n) is 16.1. The first-order valence-corrected chi connectivity index (χ1v) is 9.86. The molecule has 1 saturated carbocycles. The number of hydrogen-bond acceptors (Lipinski definition) is 5. The molecule has 1 aromatic heterocycles. The summed E-state index contributed by atoms with van der Waals surface area (Å²) in [6.07, 6.45) is 4.29. The molecule has 0 atom stereocenters. The van der Waals surface area contributed by atoms with Crippen molar-refractivity contribution in [1.29, 1.82) is 0 Å². The van der Waals surface area contributed by atoms with Crippen LogP contribution in [0.25, 0.3) is 0 Å². The molecule has 4 rings (SSSR count). The number of carboxylic acids is 1. The summed E-state index contributed by atoms with van der Waals surface area (Å²) >= 11 is 0. The van der Waals surface area contributed by atoms with Crippen molar-refractivity contribution in [2.45, 2.75) is 50.6 Å². The minimum Gasteiger partial charge on any atom is -0.476 e. The van der Waals surface area contributed by atoms with E-state index in [0.29, 0.717) is 37.3 Å². The molecule has 0 radical (unpaired) electrons. The molecule has 0 unspecified atom stereocenters. The summed E-state index contributed by atoms with van der Waals surface area (Å²) in [5.74, 6) is -1.98. The van der Waals surface area contributed by atoms with Gasteiger partial charge in [-0.2, -0.15) is 8.78 Å². The standard InChI is InChI=1S/C21H21F3N2O4/c22-14-7-13(8-16-18(20(27)28)26-17(10-25-16)12-1-2-12)19(30-21(23)24)15(9-14)11-3-5-29-6-4-11/h7,9-12,21H,1-6,8H2,(H,27,28). The van der Waals surface area contributed by atoms with Crippen LogP contribution in [0.4, 0.5) is 13.2 Å². The predicted octanol–water partition coefficient (Wildman–Crippen LogP) is 4.28. The predicted molar refractivity (Wildman–Crippen MR) is 99.6 cm³/mol. The maximum atomic E-state index is 14.4. The van der Waals surface area contributed by atoms with Crippen LogP contribution in [0.15, 0.2) is 18.3 Å². The van der Waals surface area contributed by atoms with Gasteiger partial charge in [-0.05, 0) is 43.7 Å². The molecule has 0 bridgehead atoms. The molecule has 6 nitrogen and oxygen atoms in total. The molecule has 1 N–H and O–H groups in total. The van der Waals surface area contributed by atoms with Gasteiger partial charge in [0.15, 0.2) is 5.69 Å². The monoisotopic (exact) mass is 422 g/mol. The molecule has 2 aromatic rings. The Kier molecular flexibility index (Phi) is 5.90. The first kappa shape index (κ1) is 20.6. The Labute approximate surface area is 171 Å². The van der Waals surface area contributed by atoms with Gasteiger partial charge in [-0.3, -0.25) is 4.98 Å². The van der Waals surface area contributed by atoms with Crippen LogP contribution in [0.2, 0.25) is 0 Å². The van der Waals surface area contributed by atoms with Crippen LogP contribution >= 0.6 is 0 Å². The van der Waals surface area contributed by atoms with Gasteiger partial charge >= 0.3 is 12.6 Å². The van der Waals surface area contributed by atoms with Gasteiger partial charge in [-0.1, -0.05) is 0 Å². The topological polar surface area (TPSA) is 81.5 Å². The molecule has 0 amide bonds. The highest BCUT2D eigenvalue weighted by molar-refractivity contribution is 5.86. The van der Waals surface area contributed by atoms with E-state index < -0.39 is 18.4 Å². The summed E-state index contributed by atoms with van der Waals surface area (Å²) in [7, 11) is 0. The zero-order chi connectivity index (χ0) is 21.3. The van der Waals surface area contributed by atoms with Gasteiger partial charge in [-0.25, -0.2) is 14.2 Å². The van der Waals surface area contributed by atoms with Crippen molar-refractivity contribution in [2.75, 3.05) is 13.2 Å². The lowest BCUT2D eigenvalue weighted by Gasteiger charge is -2.26. The van der Waals surface area contributed by atoms with Gasteiger partial charge in [-0.15, -0.1) is 0 Å². The highest BCUT2D eigenvalue weighted by Crippen LogP contribution is 2.40. The summed E-state index contributed by atoms with van der Waals surface area (Å²) in [4.78, 5) is 20.1. The second kappa shape index (κ2) is 8.59. The molecular formula is C21H21F3N2O4. The van der Waals surface area contributed by atoms with Crippen LogP contribution in [0, 0.1) is 5.82 Å². The molecule has 1 aromatic carbocycles. The average molecular weight is 422 g/mol. The van der Waals surface area contributed by atoms with Gasteiger partial charge in [0.25, 0.3) is 0 Å². The summed E-state index contributed by atoms with van der Waals surface area (Å²) in [5.41, 5.74) is 0.886. The molecule has 1 saturated heterocycles. The lowest BCUT2D eigenvalue weighted by Crippen LogP contribution is -2.17. The fraction of sp³-hybridized carbons (Fsp3) is 0.476. The Balaban J connectivity index is 1.74. The average Bonchev–Trinajstić information content (AvgIpc) is 3.55. The third kappa shape index (κ3) is 4.56. The highest BCUT2D eigenvalue weighted by atomic mass is 19.3. The van der Waals surface area contributed by atoms with E-state index in [-0.39, 0.29) is 41.0 Å². The summed E-state index contributed by atoms with van der Waals surface area (Å²) < 4.78 is 50.9. The van der Waals surface area contributed by atoms with E-state index in [0.717, 1.165) is 18.9 Å². The Hall–Kier alpha value is -2.68. The number of rotatable bonds is 7. The number of halogens is 3.